The fourth-order valence-electron chi connectivity index (χ4n) is 4.05. The zero-order chi connectivity index (χ0) is 14.4. The van der Waals surface area contributed by atoms with E-state index in [-0.39, 0.29) is 11.4 Å². The normalized spacial score (nSPS) is 29.9. The van der Waals surface area contributed by atoms with Crippen LogP contribution in [0.15, 0.2) is 0 Å². The lowest BCUT2D eigenvalue weighted by Gasteiger charge is -2.33. The first-order valence-corrected chi connectivity index (χ1v) is 8.63. The quantitative estimate of drug-likeness (QED) is 0.811. The van der Waals surface area contributed by atoms with Crippen molar-refractivity contribution in [1.82, 2.24) is 5.32 Å². The number of carbonyl (C=O) groups excluding carboxylic acids is 1. The van der Waals surface area contributed by atoms with E-state index in [1.165, 1.54) is 44.9 Å². The molecule has 2 saturated carbocycles. The van der Waals surface area contributed by atoms with Crippen LogP contribution in [0.1, 0.15) is 77.6 Å². The van der Waals surface area contributed by atoms with Gasteiger partial charge >= 0.3 is 0 Å². The average Bonchev–Trinajstić information content (AvgIpc) is 2.39. The summed E-state index contributed by atoms with van der Waals surface area (Å²) in [7, 11) is 0. The molecule has 0 bridgehead atoms. The van der Waals surface area contributed by atoms with Crippen LogP contribution in [0.2, 0.25) is 0 Å². The second-order valence-corrected chi connectivity index (χ2v) is 7.38. The average molecular weight is 280 g/mol. The van der Waals surface area contributed by atoms with E-state index in [9.17, 15) is 4.79 Å². The lowest BCUT2D eigenvalue weighted by atomic mass is 9.80. The molecule has 0 heterocycles. The van der Waals surface area contributed by atoms with Crippen LogP contribution in [0, 0.1) is 11.8 Å². The summed E-state index contributed by atoms with van der Waals surface area (Å²) in [6.45, 7) is 3.19. The zero-order valence-corrected chi connectivity index (χ0v) is 13.1. The fourth-order valence-corrected chi connectivity index (χ4v) is 4.05. The Morgan fingerprint density at radius 1 is 1.20 bits per heavy atom. The van der Waals surface area contributed by atoms with Crippen LogP contribution in [-0.4, -0.2) is 18.0 Å². The molecule has 0 saturated heterocycles. The van der Waals surface area contributed by atoms with Crippen molar-refractivity contribution in [3.05, 3.63) is 0 Å². The van der Waals surface area contributed by atoms with Gasteiger partial charge in [-0.25, -0.2) is 0 Å². The molecule has 2 fully saturated rings. The van der Waals surface area contributed by atoms with Crippen molar-refractivity contribution < 1.29 is 4.79 Å². The number of nitrogens with one attached hydrogen (secondary N) is 1. The maximum atomic E-state index is 12.0. The summed E-state index contributed by atoms with van der Waals surface area (Å²) in [6.07, 6.45) is 12.8. The molecule has 0 aromatic heterocycles. The van der Waals surface area contributed by atoms with Crippen LogP contribution in [0.3, 0.4) is 0 Å². The Bertz CT molecular complexity index is 310. The topological polar surface area (TPSA) is 55.1 Å². The number of hydrogen-bond donors (Lipinski definition) is 2. The van der Waals surface area contributed by atoms with Crippen molar-refractivity contribution in [3.63, 3.8) is 0 Å². The van der Waals surface area contributed by atoms with E-state index in [4.69, 9.17) is 5.73 Å². The number of hydrogen-bond acceptors (Lipinski definition) is 2. The van der Waals surface area contributed by atoms with Gasteiger partial charge in [-0.3, -0.25) is 4.79 Å². The summed E-state index contributed by atoms with van der Waals surface area (Å²) in [5, 5.41) is 3.10. The molecule has 0 aromatic rings. The first-order chi connectivity index (χ1) is 9.57. The lowest BCUT2D eigenvalue weighted by molar-refractivity contribution is -0.122. The molecule has 2 unspecified atom stereocenters. The summed E-state index contributed by atoms with van der Waals surface area (Å²) in [4.78, 5) is 12.0. The van der Waals surface area contributed by atoms with Crippen molar-refractivity contribution in [2.45, 2.75) is 83.1 Å². The molecular weight excluding hydrogens is 248 g/mol. The van der Waals surface area contributed by atoms with E-state index in [1.54, 1.807) is 0 Å². The highest BCUT2D eigenvalue weighted by Gasteiger charge is 2.29. The van der Waals surface area contributed by atoms with Crippen molar-refractivity contribution in [1.29, 1.82) is 0 Å². The number of amides is 1. The summed E-state index contributed by atoms with van der Waals surface area (Å²) >= 11 is 0. The summed E-state index contributed by atoms with van der Waals surface area (Å²) in [6, 6.07) is 0. The molecule has 0 radical (unpaired) electrons. The molecule has 0 spiro atoms. The van der Waals surface area contributed by atoms with Crippen molar-refractivity contribution in [2.75, 3.05) is 6.54 Å². The highest BCUT2D eigenvalue weighted by Crippen LogP contribution is 2.30. The van der Waals surface area contributed by atoms with E-state index in [0.717, 1.165) is 37.6 Å². The molecule has 0 aliphatic heterocycles. The van der Waals surface area contributed by atoms with Gasteiger partial charge in [0.25, 0.3) is 0 Å². The smallest absolute Gasteiger partial charge is 0.221 e. The monoisotopic (exact) mass is 280 g/mol. The molecule has 20 heavy (non-hydrogen) atoms. The minimum absolute atomic E-state index is 0.165. The van der Waals surface area contributed by atoms with Gasteiger partial charge in [-0.2, -0.15) is 0 Å². The number of rotatable bonds is 5. The second-order valence-electron chi connectivity index (χ2n) is 7.38. The Labute approximate surface area is 124 Å². The summed E-state index contributed by atoms with van der Waals surface area (Å²) < 4.78 is 0. The van der Waals surface area contributed by atoms with E-state index in [1.807, 2.05) is 0 Å². The van der Waals surface area contributed by atoms with Crippen LogP contribution in [0.25, 0.3) is 0 Å². The van der Waals surface area contributed by atoms with Gasteiger partial charge in [0.2, 0.25) is 5.91 Å². The van der Waals surface area contributed by atoms with Gasteiger partial charge in [0.1, 0.15) is 0 Å². The van der Waals surface area contributed by atoms with Crippen LogP contribution in [0.5, 0.6) is 0 Å². The van der Waals surface area contributed by atoms with Gasteiger partial charge in [0.05, 0.1) is 0 Å². The Balaban J connectivity index is 1.62. The van der Waals surface area contributed by atoms with Crippen LogP contribution >= 0.6 is 0 Å². The Morgan fingerprint density at radius 3 is 2.65 bits per heavy atom. The van der Waals surface area contributed by atoms with Crippen LogP contribution < -0.4 is 11.1 Å². The summed E-state index contributed by atoms with van der Waals surface area (Å²) in [5.74, 6) is 1.86. The molecule has 3 heteroatoms. The Kier molecular flexibility index (Phi) is 5.88. The minimum atomic E-state index is -0.221. The molecule has 2 aliphatic carbocycles. The first-order valence-electron chi connectivity index (χ1n) is 8.63. The van der Waals surface area contributed by atoms with Crippen LogP contribution in [-0.2, 0) is 4.79 Å². The van der Waals surface area contributed by atoms with Crippen molar-refractivity contribution >= 4 is 5.91 Å². The highest BCUT2D eigenvalue weighted by atomic mass is 16.1. The SMILES string of the molecule is CC1CCCC(CCNC(=O)CC2(N)CCCCC2)C1. The molecule has 1 amide bonds. The molecule has 116 valence electrons. The van der Waals surface area contributed by atoms with Crippen molar-refractivity contribution in [3.8, 4) is 0 Å². The Hall–Kier alpha value is -0.570. The molecule has 3 nitrogen and oxygen atoms in total. The molecule has 2 aliphatic rings. The maximum Gasteiger partial charge on any atom is 0.221 e. The van der Waals surface area contributed by atoms with Gasteiger partial charge < -0.3 is 11.1 Å². The summed E-state index contributed by atoms with van der Waals surface area (Å²) in [5.41, 5.74) is 6.11. The predicted octanol–water partition coefficient (Wildman–Crippen LogP) is 3.37. The fraction of sp³-hybridized carbons (Fsp3) is 0.941. The largest absolute Gasteiger partial charge is 0.356 e. The van der Waals surface area contributed by atoms with Gasteiger partial charge in [-0.15, -0.1) is 0 Å². The van der Waals surface area contributed by atoms with E-state index in [2.05, 4.69) is 12.2 Å². The molecule has 2 rings (SSSR count). The third-order valence-electron chi connectivity index (χ3n) is 5.28. The third kappa shape index (κ3) is 5.08. The van der Waals surface area contributed by atoms with Gasteiger partial charge in [0.15, 0.2) is 0 Å². The highest BCUT2D eigenvalue weighted by molar-refractivity contribution is 5.77. The van der Waals surface area contributed by atoms with Gasteiger partial charge in [-0.05, 0) is 37.5 Å². The zero-order valence-electron chi connectivity index (χ0n) is 13.1. The van der Waals surface area contributed by atoms with Crippen LogP contribution in [0.4, 0.5) is 0 Å². The van der Waals surface area contributed by atoms with E-state index >= 15 is 0 Å². The number of carbonyl (C=O) groups is 1. The molecule has 2 atom stereocenters. The second kappa shape index (κ2) is 7.44. The standard InChI is InChI=1S/C17H32N2O/c1-14-6-5-7-15(12-14)8-11-19-16(20)13-17(18)9-3-2-4-10-17/h14-15H,2-13,18H2,1H3,(H,19,20). The molecule has 3 N–H and O–H groups in total. The molecule has 0 aromatic carbocycles. The van der Waals surface area contributed by atoms with Gasteiger partial charge in [-0.1, -0.05) is 45.4 Å². The maximum absolute atomic E-state index is 12.0. The minimum Gasteiger partial charge on any atom is -0.356 e. The van der Waals surface area contributed by atoms with Gasteiger partial charge in [0, 0.05) is 18.5 Å². The van der Waals surface area contributed by atoms with E-state index in [0.29, 0.717) is 6.42 Å². The third-order valence-corrected chi connectivity index (χ3v) is 5.28. The lowest BCUT2D eigenvalue weighted by Crippen LogP contribution is -2.46. The first kappa shape index (κ1) is 15.8. The number of nitrogens with two attached hydrogens (primary N) is 1. The Morgan fingerprint density at radius 2 is 1.95 bits per heavy atom. The molecular formula is C17H32N2O. The van der Waals surface area contributed by atoms with E-state index < -0.39 is 0 Å². The predicted molar refractivity (Wildman–Crippen MR) is 83.4 cm³/mol. The van der Waals surface area contributed by atoms with Crippen molar-refractivity contribution in [2.24, 2.45) is 17.6 Å².